The van der Waals surface area contributed by atoms with Crippen LogP contribution in [0.4, 0.5) is 5.69 Å². The number of benzene rings is 2. The van der Waals surface area contributed by atoms with E-state index in [0.717, 1.165) is 28.0 Å². The summed E-state index contributed by atoms with van der Waals surface area (Å²) in [6, 6.07) is 16.4. The molecule has 168 valence electrons. The Bertz CT molecular complexity index is 1420. The van der Waals surface area contributed by atoms with Gasteiger partial charge in [0.15, 0.2) is 5.82 Å². The first-order valence-electron chi connectivity index (χ1n) is 10.4. The third-order valence-electron chi connectivity index (χ3n) is 5.55. The van der Waals surface area contributed by atoms with Gasteiger partial charge < -0.3 is 5.32 Å². The molecular formula is C23H21N5O3S2. The number of rotatable bonds is 5. The third kappa shape index (κ3) is 4.20. The summed E-state index contributed by atoms with van der Waals surface area (Å²) in [5.74, 6) is 0.827. The lowest BCUT2D eigenvalue weighted by molar-refractivity contribution is 0.102. The maximum atomic E-state index is 13.4. The Kier molecular flexibility index (Phi) is 5.57. The highest BCUT2D eigenvalue weighted by molar-refractivity contribution is 7.89. The van der Waals surface area contributed by atoms with Gasteiger partial charge in [-0.3, -0.25) is 9.89 Å². The number of carbonyl (C=O) groups excluding carboxylic acids is 1. The number of nitrogens with one attached hydrogen (secondary N) is 2. The van der Waals surface area contributed by atoms with Gasteiger partial charge in [-0.05, 0) is 60.2 Å². The summed E-state index contributed by atoms with van der Waals surface area (Å²) in [5, 5.41) is 11.3. The first-order valence-corrected chi connectivity index (χ1v) is 12.7. The molecule has 1 amide bonds. The van der Waals surface area contributed by atoms with Gasteiger partial charge in [0.05, 0.1) is 0 Å². The van der Waals surface area contributed by atoms with Crippen molar-refractivity contribution in [1.29, 1.82) is 0 Å². The predicted octanol–water partition coefficient (Wildman–Crippen LogP) is 3.84. The number of amides is 1. The Hall–Kier alpha value is -3.34. The largest absolute Gasteiger partial charge is 0.321 e. The second kappa shape index (κ2) is 8.54. The smallest absolute Gasteiger partial charge is 0.267 e. The van der Waals surface area contributed by atoms with E-state index in [9.17, 15) is 13.2 Å². The van der Waals surface area contributed by atoms with Crippen LogP contribution in [-0.4, -0.2) is 40.4 Å². The van der Waals surface area contributed by atoms with Crippen LogP contribution in [0.25, 0.3) is 11.4 Å². The predicted molar refractivity (Wildman–Crippen MR) is 127 cm³/mol. The van der Waals surface area contributed by atoms with Crippen molar-refractivity contribution in [3.63, 3.8) is 0 Å². The molecule has 0 saturated heterocycles. The number of anilines is 1. The fourth-order valence-corrected chi connectivity index (χ4v) is 6.56. The molecule has 0 spiro atoms. The van der Waals surface area contributed by atoms with E-state index in [1.807, 2.05) is 31.2 Å². The molecule has 4 aromatic rings. The molecule has 1 aliphatic heterocycles. The summed E-state index contributed by atoms with van der Waals surface area (Å²) in [6.07, 6.45) is 0.651. The SMILES string of the molecule is Cc1nc(-c2ccc(NC(=O)c3sccc3S(=O)(=O)N3CCc4ccccc4C3)cc2)n[nH]1. The molecule has 0 aliphatic carbocycles. The zero-order chi connectivity index (χ0) is 23.0. The Labute approximate surface area is 195 Å². The second-order valence-corrected chi connectivity index (χ2v) is 10.6. The van der Waals surface area contributed by atoms with Crippen molar-refractivity contribution in [2.24, 2.45) is 0 Å². The van der Waals surface area contributed by atoms with Crippen molar-refractivity contribution < 1.29 is 13.2 Å². The van der Waals surface area contributed by atoms with Crippen LogP contribution in [0.2, 0.25) is 0 Å². The first kappa shape index (κ1) is 21.5. The topological polar surface area (TPSA) is 108 Å². The number of hydrogen-bond donors (Lipinski definition) is 2. The van der Waals surface area contributed by atoms with Crippen molar-refractivity contribution in [3.05, 3.63) is 81.8 Å². The van der Waals surface area contributed by atoms with E-state index >= 15 is 0 Å². The van der Waals surface area contributed by atoms with Crippen LogP contribution in [0, 0.1) is 6.92 Å². The Balaban J connectivity index is 1.34. The average molecular weight is 480 g/mol. The van der Waals surface area contributed by atoms with Crippen LogP contribution >= 0.6 is 11.3 Å². The summed E-state index contributed by atoms with van der Waals surface area (Å²) >= 11 is 1.11. The minimum atomic E-state index is -3.81. The van der Waals surface area contributed by atoms with Crippen LogP contribution in [0.5, 0.6) is 0 Å². The van der Waals surface area contributed by atoms with Crippen molar-refractivity contribution in [1.82, 2.24) is 19.5 Å². The lowest BCUT2D eigenvalue weighted by Gasteiger charge is -2.28. The summed E-state index contributed by atoms with van der Waals surface area (Å²) in [6.45, 7) is 2.51. The number of H-pyrrole nitrogens is 1. The third-order valence-corrected chi connectivity index (χ3v) is 8.48. The van der Waals surface area contributed by atoms with Gasteiger partial charge in [0.1, 0.15) is 15.6 Å². The number of aromatic nitrogens is 3. The molecular weight excluding hydrogens is 458 g/mol. The number of nitrogens with zero attached hydrogens (tertiary/aromatic N) is 3. The van der Waals surface area contributed by atoms with Crippen molar-refractivity contribution >= 4 is 33.0 Å². The standard InChI is InChI=1S/C23H21N5O3S2/c1-15-24-22(27-26-15)17-6-8-19(9-7-17)25-23(29)21-20(11-13-32-21)33(30,31)28-12-10-16-4-2-3-5-18(16)14-28/h2-9,11,13H,10,12,14H2,1H3,(H,25,29)(H,24,26,27). The number of thiophene rings is 1. The van der Waals surface area contributed by atoms with Crippen molar-refractivity contribution in [3.8, 4) is 11.4 Å². The van der Waals surface area contributed by atoms with Gasteiger partial charge in [-0.25, -0.2) is 13.4 Å². The first-order chi connectivity index (χ1) is 15.9. The molecule has 0 unspecified atom stereocenters. The molecule has 2 aromatic heterocycles. The maximum absolute atomic E-state index is 13.4. The molecule has 0 fully saturated rings. The molecule has 0 atom stereocenters. The Morgan fingerprint density at radius 2 is 1.85 bits per heavy atom. The van der Waals surface area contributed by atoms with Gasteiger partial charge in [0.2, 0.25) is 10.0 Å². The van der Waals surface area contributed by atoms with Gasteiger partial charge in [0.25, 0.3) is 5.91 Å². The van der Waals surface area contributed by atoms with Gasteiger partial charge >= 0.3 is 0 Å². The summed E-state index contributed by atoms with van der Waals surface area (Å²) in [7, 11) is -3.81. The van der Waals surface area contributed by atoms with E-state index < -0.39 is 15.9 Å². The molecule has 0 saturated carbocycles. The number of hydrogen-bond acceptors (Lipinski definition) is 6. The maximum Gasteiger partial charge on any atom is 0.267 e. The van der Waals surface area contributed by atoms with E-state index in [0.29, 0.717) is 36.8 Å². The van der Waals surface area contributed by atoms with E-state index in [2.05, 4.69) is 20.5 Å². The summed E-state index contributed by atoms with van der Waals surface area (Å²) in [4.78, 5) is 17.5. The van der Waals surface area contributed by atoms with Crippen LogP contribution in [0.3, 0.4) is 0 Å². The lowest BCUT2D eigenvalue weighted by atomic mass is 10.0. The molecule has 1 aliphatic rings. The number of aryl methyl sites for hydroxylation is 1. The van der Waals surface area contributed by atoms with Crippen LogP contribution < -0.4 is 5.32 Å². The van der Waals surface area contributed by atoms with Gasteiger partial charge in [0, 0.05) is 24.3 Å². The van der Waals surface area contributed by atoms with Gasteiger partial charge in [-0.2, -0.15) is 9.40 Å². The highest BCUT2D eigenvalue weighted by Crippen LogP contribution is 2.30. The lowest BCUT2D eigenvalue weighted by Crippen LogP contribution is -2.36. The minimum absolute atomic E-state index is 0.0391. The van der Waals surface area contributed by atoms with E-state index in [-0.39, 0.29) is 9.77 Å². The van der Waals surface area contributed by atoms with Gasteiger partial charge in [-0.1, -0.05) is 24.3 Å². The van der Waals surface area contributed by atoms with Gasteiger partial charge in [-0.15, -0.1) is 11.3 Å². The molecule has 10 heteroatoms. The number of carbonyl (C=O) groups is 1. The zero-order valence-electron chi connectivity index (χ0n) is 17.8. The highest BCUT2D eigenvalue weighted by atomic mass is 32.2. The molecule has 33 heavy (non-hydrogen) atoms. The molecule has 5 rings (SSSR count). The Morgan fingerprint density at radius 1 is 1.09 bits per heavy atom. The zero-order valence-corrected chi connectivity index (χ0v) is 19.4. The minimum Gasteiger partial charge on any atom is -0.321 e. The number of aromatic amines is 1. The summed E-state index contributed by atoms with van der Waals surface area (Å²) < 4.78 is 28.2. The number of fused-ring (bicyclic) bond motifs is 1. The van der Waals surface area contributed by atoms with E-state index in [1.54, 1.807) is 29.6 Å². The van der Waals surface area contributed by atoms with Crippen molar-refractivity contribution in [2.45, 2.75) is 24.8 Å². The monoisotopic (exact) mass is 479 g/mol. The van der Waals surface area contributed by atoms with Crippen LogP contribution in [0.15, 0.2) is 64.9 Å². The van der Waals surface area contributed by atoms with E-state index in [1.165, 1.54) is 10.4 Å². The second-order valence-electron chi connectivity index (χ2n) is 7.75. The molecule has 2 aromatic carbocycles. The molecule has 0 radical (unpaired) electrons. The molecule has 0 bridgehead atoms. The molecule has 8 nitrogen and oxygen atoms in total. The Morgan fingerprint density at radius 3 is 2.58 bits per heavy atom. The molecule has 2 N–H and O–H groups in total. The van der Waals surface area contributed by atoms with Crippen molar-refractivity contribution in [2.75, 3.05) is 11.9 Å². The fraction of sp³-hybridized carbons (Fsp3) is 0.174. The normalized spacial score (nSPS) is 14.1. The average Bonchev–Trinajstić information content (AvgIpc) is 3.49. The van der Waals surface area contributed by atoms with Crippen LogP contribution in [0.1, 0.15) is 26.6 Å². The highest BCUT2D eigenvalue weighted by Gasteiger charge is 2.32. The van der Waals surface area contributed by atoms with Crippen LogP contribution in [-0.2, 0) is 23.0 Å². The quantitative estimate of drug-likeness (QED) is 0.452. The van der Waals surface area contributed by atoms with E-state index in [4.69, 9.17) is 0 Å². The fourth-order valence-electron chi connectivity index (χ4n) is 3.84. The summed E-state index contributed by atoms with van der Waals surface area (Å²) in [5.41, 5.74) is 3.52. The molecule has 3 heterocycles. The number of sulfonamides is 1.